The molecule has 3 rings (SSSR count). The number of hydrogen-bond donors (Lipinski definition) is 1. The molecule has 0 atom stereocenters. The van der Waals surface area contributed by atoms with Gasteiger partial charge in [-0.05, 0) is 37.3 Å². The average molecular weight is 327 g/mol. The Morgan fingerprint density at radius 2 is 2.21 bits per heavy atom. The monoisotopic (exact) mass is 327 g/mol. The summed E-state index contributed by atoms with van der Waals surface area (Å²) in [6, 6.07) is 8.51. The minimum Gasteiger partial charge on any atom is -0.462 e. The van der Waals surface area contributed by atoms with Crippen LogP contribution in [0.2, 0.25) is 0 Å². The third-order valence-electron chi connectivity index (χ3n) is 3.76. The summed E-state index contributed by atoms with van der Waals surface area (Å²) in [6.07, 6.45) is 3.56. The molecule has 1 amide bonds. The maximum Gasteiger partial charge on any atom is 0.244 e. The second kappa shape index (κ2) is 6.70. The zero-order valence-corrected chi connectivity index (χ0v) is 13.5. The van der Waals surface area contributed by atoms with Crippen molar-refractivity contribution in [2.24, 2.45) is 7.05 Å². The predicted octanol–water partition coefficient (Wildman–Crippen LogP) is 2.99. The molecule has 2 heterocycles. The van der Waals surface area contributed by atoms with Crippen LogP contribution in [0.4, 0.5) is 4.39 Å². The molecular weight excluding hydrogens is 309 g/mol. The molecule has 2 aromatic heterocycles. The first-order valence-electron chi connectivity index (χ1n) is 7.67. The lowest BCUT2D eigenvalue weighted by molar-refractivity contribution is -0.116. The van der Waals surface area contributed by atoms with Crippen molar-refractivity contribution in [1.29, 1.82) is 0 Å². The fraction of sp³-hybridized carbons (Fsp3) is 0.222. The average Bonchev–Trinajstić information content (AvgIpc) is 3.11. The quantitative estimate of drug-likeness (QED) is 0.733. The zero-order valence-electron chi connectivity index (χ0n) is 13.5. The smallest absolute Gasteiger partial charge is 0.244 e. The van der Waals surface area contributed by atoms with Crippen LogP contribution in [0, 0.1) is 12.7 Å². The van der Waals surface area contributed by atoms with E-state index in [2.05, 4.69) is 10.3 Å². The lowest BCUT2D eigenvalue weighted by Gasteiger charge is -2.03. The summed E-state index contributed by atoms with van der Waals surface area (Å²) in [4.78, 5) is 16.1. The highest BCUT2D eigenvalue weighted by molar-refractivity contribution is 5.91. The number of para-hydroxylation sites is 1. The number of carbonyl (C=O) groups excluding carboxylic acids is 1. The van der Waals surface area contributed by atoms with Gasteiger partial charge in [0.25, 0.3) is 0 Å². The number of hydrogen-bond acceptors (Lipinski definition) is 3. The van der Waals surface area contributed by atoms with E-state index < -0.39 is 0 Å². The fourth-order valence-corrected chi connectivity index (χ4v) is 2.51. The number of amides is 1. The SMILES string of the molecule is Cc1ccc(/C=C\C(=O)NCCc2nc3c(F)cccc3n2C)o1. The van der Waals surface area contributed by atoms with Gasteiger partial charge in [-0.1, -0.05) is 6.07 Å². The number of benzene rings is 1. The highest BCUT2D eigenvalue weighted by Crippen LogP contribution is 2.18. The third kappa shape index (κ3) is 3.37. The molecule has 0 aliphatic rings. The van der Waals surface area contributed by atoms with Crippen molar-refractivity contribution in [3.8, 4) is 0 Å². The molecule has 0 saturated heterocycles. The predicted molar refractivity (Wildman–Crippen MR) is 89.9 cm³/mol. The molecule has 0 unspecified atom stereocenters. The van der Waals surface area contributed by atoms with Crippen LogP contribution in [0.5, 0.6) is 0 Å². The molecular formula is C18H18FN3O2. The van der Waals surface area contributed by atoms with E-state index in [4.69, 9.17) is 4.42 Å². The standard InChI is InChI=1S/C18H18FN3O2/c1-12-6-7-13(24-12)8-9-17(23)20-11-10-16-21-18-14(19)4-3-5-15(18)22(16)2/h3-9H,10-11H2,1-2H3,(H,20,23)/b9-8-. The van der Waals surface area contributed by atoms with Gasteiger partial charge in [0.1, 0.15) is 22.9 Å². The van der Waals surface area contributed by atoms with Crippen LogP contribution in [0.25, 0.3) is 17.1 Å². The molecule has 0 aliphatic carbocycles. The van der Waals surface area contributed by atoms with Crippen LogP contribution in [-0.4, -0.2) is 22.0 Å². The van der Waals surface area contributed by atoms with E-state index in [-0.39, 0.29) is 11.7 Å². The van der Waals surface area contributed by atoms with Crippen molar-refractivity contribution in [1.82, 2.24) is 14.9 Å². The Balaban J connectivity index is 1.58. The Morgan fingerprint density at radius 3 is 2.92 bits per heavy atom. The molecule has 1 N–H and O–H groups in total. The van der Waals surface area contributed by atoms with Gasteiger partial charge in [-0.15, -0.1) is 0 Å². The Labute approximate surface area is 138 Å². The third-order valence-corrected chi connectivity index (χ3v) is 3.76. The van der Waals surface area contributed by atoms with E-state index in [9.17, 15) is 9.18 Å². The number of carbonyl (C=O) groups is 1. The Morgan fingerprint density at radius 1 is 1.38 bits per heavy atom. The van der Waals surface area contributed by atoms with Gasteiger partial charge in [0.05, 0.1) is 5.52 Å². The number of aryl methyl sites for hydroxylation is 2. The van der Waals surface area contributed by atoms with Gasteiger partial charge in [-0.3, -0.25) is 4.79 Å². The first kappa shape index (κ1) is 16.0. The molecule has 0 saturated carbocycles. The molecule has 0 aliphatic heterocycles. The number of nitrogens with zero attached hydrogens (tertiary/aromatic N) is 2. The maximum atomic E-state index is 13.7. The van der Waals surface area contributed by atoms with Crippen LogP contribution in [0.1, 0.15) is 17.3 Å². The zero-order chi connectivity index (χ0) is 17.1. The van der Waals surface area contributed by atoms with Gasteiger partial charge in [-0.25, -0.2) is 9.37 Å². The van der Waals surface area contributed by atoms with Crippen LogP contribution in [0.3, 0.4) is 0 Å². The molecule has 0 bridgehead atoms. The van der Waals surface area contributed by atoms with Gasteiger partial charge in [0.2, 0.25) is 5.91 Å². The van der Waals surface area contributed by atoms with Crippen molar-refractivity contribution < 1.29 is 13.6 Å². The molecule has 0 radical (unpaired) electrons. The molecule has 3 aromatic rings. The number of aromatic nitrogens is 2. The molecule has 0 spiro atoms. The lowest BCUT2D eigenvalue weighted by atomic mass is 10.3. The first-order valence-corrected chi connectivity index (χ1v) is 7.67. The van der Waals surface area contributed by atoms with Crippen molar-refractivity contribution in [3.05, 3.63) is 59.6 Å². The number of fused-ring (bicyclic) bond motifs is 1. The Hall–Kier alpha value is -2.89. The summed E-state index contributed by atoms with van der Waals surface area (Å²) in [5.41, 5.74) is 1.10. The van der Waals surface area contributed by atoms with E-state index in [1.807, 2.05) is 30.7 Å². The molecule has 5 nitrogen and oxygen atoms in total. The van der Waals surface area contributed by atoms with Crippen LogP contribution < -0.4 is 5.32 Å². The Kier molecular flexibility index (Phi) is 4.46. The number of furan rings is 1. The topological polar surface area (TPSA) is 60.1 Å². The second-order valence-corrected chi connectivity index (χ2v) is 5.52. The lowest BCUT2D eigenvalue weighted by Crippen LogP contribution is -2.24. The van der Waals surface area contributed by atoms with Gasteiger partial charge in [0.15, 0.2) is 5.82 Å². The van der Waals surface area contributed by atoms with Gasteiger partial charge >= 0.3 is 0 Å². The van der Waals surface area contributed by atoms with E-state index in [0.29, 0.717) is 24.2 Å². The summed E-state index contributed by atoms with van der Waals surface area (Å²) >= 11 is 0. The molecule has 1 aromatic carbocycles. The summed E-state index contributed by atoms with van der Waals surface area (Å²) in [5.74, 6) is 1.60. The van der Waals surface area contributed by atoms with E-state index in [1.54, 1.807) is 18.2 Å². The summed E-state index contributed by atoms with van der Waals surface area (Å²) < 4.78 is 20.9. The maximum absolute atomic E-state index is 13.7. The Bertz CT molecular complexity index is 908. The van der Waals surface area contributed by atoms with Crippen molar-refractivity contribution in [2.45, 2.75) is 13.3 Å². The fourth-order valence-electron chi connectivity index (χ4n) is 2.51. The summed E-state index contributed by atoms with van der Waals surface area (Å²) in [7, 11) is 1.84. The molecule has 24 heavy (non-hydrogen) atoms. The van der Waals surface area contributed by atoms with E-state index in [1.165, 1.54) is 12.1 Å². The highest BCUT2D eigenvalue weighted by atomic mass is 19.1. The largest absolute Gasteiger partial charge is 0.462 e. The molecule has 124 valence electrons. The number of nitrogens with one attached hydrogen (secondary N) is 1. The molecule has 6 heteroatoms. The summed E-state index contributed by atoms with van der Waals surface area (Å²) in [5, 5.41) is 2.78. The first-order chi connectivity index (χ1) is 11.5. The minimum atomic E-state index is -0.338. The van der Waals surface area contributed by atoms with Crippen LogP contribution in [-0.2, 0) is 18.3 Å². The van der Waals surface area contributed by atoms with Gasteiger partial charge < -0.3 is 14.3 Å². The normalized spacial score (nSPS) is 11.5. The molecule has 0 fully saturated rings. The van der Waals surface area contributed by atoms with Crippen LogP contribution in [0.15, 0.2) is 40.8 Å². The van der Waals surface area contributed by atoms with E-state index >= 15 is 0 Å². The number of halogens is 1. The summed E-state index contributed by atoms with van der Waals surface area (Å²) in [6.45, 7) is 2.26. The van der Waals surface area contributed by atoms with E-state index in [0.717, 1.165) is 17.1 Å². The van der Waals surface area contributed by atoms with Crippen molar-refractivity contribution >= 4 is 23.0 Å². The number of rotatable bonds is 5. The van der Waals surface area contributed by atoms with Crippen molar-refractivity contribution in [2.75, 3.05) is 6.54 Å². The number of imidazole rings is 1. The van der Waals surface area contributed by atoms with Crippen molar-refractivity contribution in [3.63, 3.8) is 0 Å². The van der Waals surface area contributed by atoms with Crippen LogP contribution >= 0.6 is 0 Å². The van der Waals surface area contributed by atoms with Gasteiger partial charge in [-0.2, -0.15) is 0 Å². The second-order valence-electron chi connectivity index (χ2n) is 5.52. The van der Waals surface area contributed by atoms with Gasteiger partial charge in [0, 0.05) is 26.1 Å². The highest BCUT2D eigenvalue weighted by Gasteiger charge is 2.10. The minimum absolute atomic E-state index is 0.214.